The smallest absolute Gasteiger partial charge is 0.337 e. The molecule has 0 aliphatic carbocycles. The normalized spacial score (nSPS) is 16.6. The molecule has 2 aromatic carbocycles. The van der Waals surface area contributed by atoms with E-state index in [9.17, 15) is 4.79 Å². The standard InChI is InChI=1S/C22H26N2O2S2/c1-21(2)13-22(3,4)28-18-10-9-16(12-17(18)21)24-20(27)23-15-8-6-7-14(11-15)19(25)26-5/h6-12H,13H2,1-5H3,(H2,23,24,27). The Kier molecular flexibility index (Phi) is 5.73. The Morgan fingerprint density at radius 3 is 2.43 bits per heavy atom. The minimum atomic E-state index is -0.375. The van der Waals surface area contributed by atoms with Gasteiger partial charge >= 0.3 is 5.97 Å². The number of rotatable bonds is 3. The van der Waals surface area contributed by atoms with Gasteiger partial charge in [-0.05, 0) is 66.0 Å². The highest BCUT2D eigenvalue weighted by Crippen LogP contribution is 2.51. The third kappa shape index (κ3) is 4.67. The Labute approximate surface area is 176 Å². The number of carbonyl (C=O) groups is 1. The molecule has 2 N–H and O–H groups in total. The van der Waals surface area contributed by atoms with Crippen LogP contribution in [-0.2, 0) is 10.2 Å². The van der Waals surface area contributed by atoms with E-state index in [1.54, 1.807) is 18.2 Å². The van der Waals surface area contributed by atoms with Gasteiger partial charge in [0.05, 0.1) is 12.7 Å². The van der Waals surface area contributed by atoms with Crippen LogP contribution < -0.4 is 10.6 Å². The first-order valence-electron chi connectivity index (χ1n) is 9.20. The van der Waals surface area contributed by atoms with E-state index in [1.165, 1.54) is 17.6 Å². The van der Waals surface area contributed by atoms with Crippen LogP contribution >= 0.6 is 24.0 Å². The van der Waals surface area contributed by atoms with Gasteiger partial charge in [-0.3, -0.25) is 0 Å². The fourth-order valence-corrected chi connectivity index (χ4v) is 5.70. The molecule has 1 heterocycles. The van der Waals surface area contributed by atoms with Gasteiger partial charge in [0.15, 0.2) is 5.11 Å². The number of carbonyl (C=O) groups excluding carboxylic acids is 1. The number of fused-ring (bicyclic) bond motifs is 1. The fraction of sp³-hybridized carbons (Fsp3) is 0.364. The number of anilines is 2. The lowest BCUT2D eigenvalue weighted by molar-refractivity contribution is 0.0601. The highest BCUT2D eigenvalue weighted by atomic mass is 32.2. The number of esters is 1. The van der Waals surface area contributed by atoms with Crippen LogP contribution in [0.1, 0.15) is 50.0 Å². The van der Waals surface area contributed by atoms with Crippen LogP contribution in [0.3, 0.4) is 0 Å². The second-order valence-corrected chi connectivity index (χ2v) is 10.4. The van der Waals surface area contributed by atoms with Crippen molar-refractivity contribution >= 4 is 46.4 Å². The summed E-state index contributed by atoms with van der Waals surface area (Å²) < 4.78 is 4.99. The van der Waals surface area contributed by atoms with Gasteiger partial charge in [-0.25, -0.2) is 4.79 Å². The summed E-state index contributed by atoms with van der Waals surface area (Å²) in [6.45, 7) is 9.20. The molecule has 3 rings (SSSR count). The number of thiocarbonyl (C=S) groups is 1. The highest BCUT2D eigenvalue weighted by Gasteiger charge is 2.38. The van der Waals surface area contributed by atoms with E-state index >= 15 is 0 Å². The molecule has 1 aliphatic rings. The van der Waals surface area contributed by atoms with Crippen molar-refractivity contribution in [3.63, 3.8) is 0 Å². The predicted molar refractivity (Wildman–Crippen MR) is 122 cm³/mol. The minimum Gasteiger partial charge on any atom is -0.465 e. The van der Waals surface area contributed by atoms with Crippen LogP contribution in [0.4, 0.5) is 11.4 Å². The van der Waals surface area contributed by atoms with Crippen molar-refractivity contribution in [1.82, 2.24) is 0 Å². The summed E-state index contributed by atoms with van der Waals surface area (Å²) in [4.78, 5) is 13.0. The van der Waals surface area contributed by atoms with Gasteiger partial charge in [0, 0.05) is 21.0 Å². The van der Waals surface area contributed by atoms with Crippen molar-refractivity contribution in [2.24, 2.45) is 0 Å². The molecule has 0 radical (unpaired) electrons. The molecule has 4 nitrogen and oxygen atoms in total. The number of benzene rings is 2. The maximum atomic E-state index is 11.7. The van der Waals surface area contributed by atoms with Crippen LogP contribution in [0.15, 0.2) is 47.4 Å². The Balaban J connectivity index is 1.75. The van der Waals surface area contributed by atoms with Gasteiger partial charge in [0.25, 0.3) is 0 Å². The second kappa shape index (κ2) is 7.76. The van der Waals surface area contributed by atoms with Gasteiger partial charge in [0.1, 0.15) is 0 Å². The zero-order valence-corrected chi connectivity index (χ0v) is 18.5. The summed E-state index contributed by atoms with van der Waals surface area (Å²) in [5.74, 6) is -0.375. The number of ether oxygens (including phenoxy) is 1. The van der Waals surface area contributed by atoms with Crippen molar-refractivity contribution in [2.45, 2.75) is 49.2 Å². The van der Waals surface area contributed by atoms with Crippen LogP contribution in [-0.4, -0.2) is 22.9 Å². The lowest BCUT2D eigenvalue weighted by Crippen LogP contribution is -2.33. The van der Waals surface area contributed by atoms with Crippen LogP contribution in [0.25, 0.3) is 0 Å². The largest absolute Gasteiger partial charge is 0.465 e. The number of methoxy groups -OCH3 is 1. The van der Waals surface area contributed by atoms with Crippen molar-refractivity contribution in [3.8, 4) is 0 Å². The number of thioether (sulfide) groups is 1. The molecule has 0 fully saturated rings. The average Bonchev–Trinajstić information content (AvgIpc) is 2.60. The molecule has 0 amide bonds. The first kappa shape index (κ1) is 20.7. The Morgan fingerprint density at radius 1 is 1.07 bits per heavy atom. The minimum absolute atomic E-state index is 0.103. The third-order valence-electron chi connectivity index (χ3n) is 4.76. The van der Waals surface area contributed by atoms with Gasteiger partial charge in [0.2, 0.25) is 0 Å². The van der Waals surface area contributed by atoms with E-state index in [4.69, 9.17) is 17.0 Å². The second-order valence-electron chi connectivity index (χ2n) is 8.28. The lowest BCUT2D eigenvalue weighted by Gasteiger charge is -2.41. The predicted octanol–water partition coefficient (Wildman–Crippen LogP) is 5.83. The Hall–Kier alpha value is -2.05. The van der Waals surface area contributed by atoms with Crippen LogP contribution in [0.2, 0.25) is 0 Å². The van der Waals surface area contributed by atoms with Crippen molar-refractivity contribution in [2.75, 3.05) is 17.7 Å². The van der Waals surface area contributed by atoms with E-state index < -0.39 is 0 Å². The molecular formula is C22H26N2O2S2. The molecule has 0 bridgehead atoms. The number of hydrogen-bond donors (Lipinski definition) is 2. The van der Waals surface area contributed by atoms with Gasteiger partial charge in [-0.2, -0.15) is 0 Å². The Bertz CT molecular complexity index is 923. The van der Waals surface area contributed by atoms with Crippen LogP contribution in [0, 0.1) is 0 Å². The SMILES string of the molecule is COC(=O)c1cccc(NC(=S)Nc2ccc3c(c2)C(C)(C)CC(C)(C)S3)c1. The van der Waals surface area contributed by atoms with Crippen LogP contribution in [0.5, 0.6) is 0 Å². The summed E-state index contributed by atoms with van der Waals surface area (Å²) in [6.07, 6.45) is 1.12. The zero-order chi connectivity index (χ0) is 20.5. The average molecular weight is 415 g/mol. The summed E-state index contributed by atoms with van der Waals surface area (Å²) >= 11 is 7.39. The first-order valence-corrected chi connectivity index (χ1v) is 10.4. The first-order chi connectivity index (χ1) is 13.1. The topological polar surface area (TPSA) is 50.4 Å². The highest BCUT2D eigenvalue weighted by molar-refractivity contribution is 8.00. The fourth-order valence-electron chi connectivity index (χ4n) is 3.85. The lowest BCUT2D eigenvalue weighted by atomic mass is 9.77. The van der Waals surface area contributed by atoms with E-state index in [0.29, 0.717) is 10.7 Å². The van der Waals surface area contributed by atoms with Gasteiger partial charge in [-0.1, -0.05) is 33.8 Å². The van der Waals surface area contributed by atoms with Crippen molar-refractivity contribution < 1.29 is 9.53 Å². The quantitative estimate of drug-likeness (QED) is 0.486. The molecule has 2 aromatic rings. The molecule has 0 unspecified atom stereocenters. The summed E-state index contributed by atoms with van der Waals surface area (Å²) in [6, 6.07) is 13.5. The van der Waals surface area contributed by atoms with E-state index in [1.807, 2.05) is 17.8 Å². The molecule has 0 spiro atoms. The zero-order valence-electron chi connectivity index (χ0n) is 16.9. The molecule has 1 aliphatic heterocycles. The maximum absolute atomic E-state index is 11.7. The van der Waals surface area contributed by atoms with E-state index in [0.717, 1.165) is 17.8 Å². The summed E-state index contributed by atoms with van der Waals surface area (Å²) in [5.41, 5.74) is 3.61. The molecule has 0 saturated heterocycles. The molecule has 0 saturated carbocycles. The monoisotopic (exact) mass is 414 g/mol. The van der Waals surface area contributed by atoms with Crippen molar-refractivity contribution in [3.05, 3.63) is 53.6 Å². The van der Waals surface area contributed by atoms with E-state index in [-0.39, 0.29) is 16.1 Å². The maximum Gasteiger partial charge on any atom is 0.337 e. The number of hydrogen-bond acceptors (Lipinski definition) is 4. The molecule has 0 atom stereocenters. The molecule has 28 heavy (non-hydrogen) atoms. The molecule has 6 heteroatoms. The van der Waals surface area contributed by atoms with Gasteiger partial charge in [-0.15, -0.1) is 11.8 Å². The summed E-state index contributed by atoms with van der Waals surface area (Å²) in [5, 5.41) is 6.86. The molecule has 148 valence electrons. The van der Waals surface area contributed by atoms with Crippen molar-refractivity contribution in [1.29, 1.82) is 0 Å². The summed E-state index contributed by atoms with van der Waals surface area (Å²) in [7, 11) is 1.37. The van der Waals surface area contributed by atoms with Gasteiger partial charge < -0.3 is 15.4 Å². The molecule has 0 aromatic heterocycles. The third-order valence-corrected chi connectivity index (χ3v) is 6.24. The molecular weight excluding hydrogens is 388 g/mol. The Morgan fingerprint density at radius 2 is 1.75 bits per heavy atom. The van der Waals surface area contributed by atoms with E-state index in [2.05, 4.69) is 56.5 Å². The number of nitrogens with one attached hydrogen (secondary N) is 2.